The summed E-state index contributed by atoms with van der Waals surface area (Å²) in [6, 6.07) is 8.43. The van der Waals surface area contributed by atoms with Gasteiger partial charge in [0.1, 0.15) is 6.61 Å². The fourth-order valence-corrected chi connectivity index (χ4v) is 4.51. The molecule has 0 saturated carbocycles. The second-order valence-corrected chi connectivity index (χ2v) is 9.27. The van der Waals surface area contributed by atoms with Gasteiger partial charge in [-0.2, -0.15) is 0 Å². The van der Waals surface area contributed by atoms with Crippen molar-refractivity contribution in [2.75, 3.05) is 57.4 Å². The normalized spacial score (nSPS) is 14.3. The molecular formula is C22H26ClN3O6S. The number of carbonyl (C=O) groups is 3. The fourth-order valence-electron chi connectivity index (χ4n) is 3.57. The highest BCUT2D eigenvalue weighted by molar-refractivity contribution is 7.18. The number of thiophene rings is 1. The Bertz CT molecular complexity index is 1020. The van der Waals surface area contributed by atoms with Crippen molar-refractivity contribution in [2.24, 2.45) is 0 Å². The van der Waals surface area contributed by atoms with E-state index in [0.717, 1.165) is 22.6 Å². The van der Waals surface area contributed by atoms with Crippen molar-refractivity contribution >= 4 is 52.0 Å². The Balaban J connectivity index is 1.81. The molecule has 0 spiro atoms. The molecule has 1 aliphatic heterocycles. The summed E-state index contributed by atoms with van der Waals surface area (Å²) in [7, 11) is 2.87. The van der Waals surface area contributed by atoms with Gasteiger partial charge in [-0.05, 0) is 42.8 Å². The number of morpholine rings is 1. The zero-order valence-corrected chi connectivity index (χ0v) is 20.2. The molecule has 1 aromatic carbocycles. The largest absolute Gasteiger partial charge is 0.382 e. The summed E-state index contributed by atoms with van der Waals surface area (Å²) in [6.07, 6.45) is 0. The Kier molecular flexibility index (Phi) is 8.44. The van der Waals surface area contributed by atoms with Gasteiger partial charge >= 0.3 is 0 Å². The minimum absolute atomic E-state index is 0.0453. The first-order chi connectivity index (χ1) is 15.8. The van der Waals surface area contributed by atoms with E-state index in [1.165, 1.54) is 14.2 Å². The molecule has 0 bridgehead atoms. The molecule has 0 radical (unpaired) electrons. The van der Waals surface area contributed by atoms with E-state index >= 15 is 0 Å². The van der Waals surface area contributed by atoms with E-state index in [1.807, 2.05) is 6.92 Å². The van der Waals surface area contributed by atoms with Crippen molar-refractivity contribution in [1.29, 1.82) is 0 Å². The Labute approximate surface area is 200 Å². The predicted octanol–water partition coefficient (Wildman–Crippen LogP) is 2.47. The van der Waals surface area contributed by atoms with E-state index in [-0.39, 0.29) is 25.7 Å². The highest BCUT2D eigenvalue weighted by Gasteiger charge is 2.41. The van der Waals surface area contributed by atoms with Gasteiger partial charge in [0.2, 0.25) is 0 Å². The average Bonchev–Trinajstić information content (AvgIpc) is 3.21. The number of amides is 3. The quantitative estimate of drug-likeness (QED) is 0.553. The SMILES string of the molecule is COCC(COC)(NC(=O)c1ccc(Cl)s1)C(=O)Nc1ccc(N2CCOCC2=O)c(C)c1. The van der Waals surface area contributed by atoms with Crippen LogP contribution in [0.3, 0.4) is 0 Å². The molecular weight excluding hydrogens is 470 g/mol. The summed E-state index contributed by atoms with van der Waals surface area (Å²) in [5.41, 5.74) is 0.588. The molecule has 178 valence electrons. The lowest BCUT2D eigenvalue weighted by Gasteiger charge is -2.32. The number of nitrogens with one attached hydrogen (secondary N) is 2. The Morgan fingerprint density at radius 2 is 1.94 bits per heavy atom. The Morgan fingerprint density at radius 1 is 1.21 bits per heavy atom. The standard InChI is InChI=1S/C22H26ClN3O6S/c1-14-10-15(4-5-16(14)26-8-9-32-11-19(26)27)24-21(29)22(12-30-2,13-31-3)25-20(28)17-6-7-18(23)33-17/h4-7,10H,8-9,11-13H2,1-3H3,(H,24,29)(H,25,28). The van der Waals surface area contributed by atoms with Gasteiger partial charge in [-0.15, -0.1) is 11.3 Å². The molecule has 1 aliphatic rings. The molecule has 2 aromatic rings. The van der Waals surface area contributed by atoms with Crippen LogP contribution in [0.1, 0.15) is 15.2 Å². The summed E-state index contributed by atoms with van der Waals surface area (Å²) >= 11 is 7.04. The number of ether oxygens (including phenoxy) is 3. The molecule has 9 nitrogen and oxygen atoms in total. The van der Waals surface area contributed by atoms with Crippen LogP contribution in [0.25, 0.3) is 0 Å². The fraction of sp³-hybridized carbons (Fsp3) is 0.409. The maximum Gasteiger partial charge on any atom is 0.262 e. The molecule has 1 saturated heterocycles. The highest BCUT2D eigenvalue weighted by atomic mass is 35.5. The lowest BCUT2D eigenvalue weighted by molar-refractivity contribution is -0.127. The van der Waals surface area contributed by atoms with Crippen LogP contribution >= 0.6 is 22.9 Å². The first kappa shape index (κ1) is 25.1. The molecule has 3 rings (SSSR count). The van der Waals surface area contributed by atoms with Crippen LogP contribution in [0.4, 0.5) is 11.4 Å². The lowest BCUT2D eigenvalue weighted by Crippen LogP contribution is -2.62. The minimum atomic E-state index is -1.48. The van der Waals surface area contributed by atoms with Gasteiger partial charge < -0.3 is 29.7 Å². The van der Waals surface area contributed by atoms with Crippen molar-refractivity contribution in [3.05, 3.63) is 45.1 Å². The van der Waals surface area contributed by atoms with E-state index in [4.69, 9.17) is 25.8 Å². The highest BCUT2D eigenvalue weighted by Crippen LogP contribution is 2.26. The second-order valence-electron chi connectivity index (χ2n) is 7.56. The lowest BCUT2D eigenvalue weighted by atomic mass is 9.99. The smallest absolute Gasteiger partial charge is 0.262 e. The zero-order chi connectivity index (χ0) is 24.0. The number of aryl methyl sites for hydroxylation is 1. The van der Waals surface area contributed by atoms with Gasteiger partial charge in [-0.1, -0.05) is 11.6 Å². The van der Waals surface area contributed by atoms with Crippen molar-refractivity contribution in [3.63, 3.8) is 0 Å². The van der Waals surface area contributed by atoms with Crippen LogP contribution in [0, 0.1) is 6.92 Å². The van der Waals surface area contributed by atoms with Crippen LogP contribution in [0.15, 0.2) is 30.3 Å². The minimum Gasteiger partial charge on any atom is -0.382 e. The summed E-state index contributed by atoms with van der Waals surface area (Å²) in [5, 5.41) is 5.58. The van der Waals surface area contributed by atoms with Crippen molar-refractivity contribution in [2.45, 2.75) is 12.5 Å². The van der Waals surface area contributed by atoms with E-state index in [2.05, 4.69) is 10.6 Å². The summed E-state index contributed by atoms with van der Waals surface area (Å²) in [5.74, 6) is -1.08. The number of halogens is 1. The molecule has 33 heavy (non-hydrogen) atoms. The summed E-state index contributed by atoms with van der Waals surface area (Å²) < 4.78 is 16.2. The Morgan fingerprint density at radius 3 is 2.52 bits per heavy atom. The molecule has 0 aliphatic carbocycles. The Hall–Kier alpha value is -2.50. The third kappa shape index (κ3) is 5.90. The summed E-state index contributed by atoms with van der Waals surface area (Å²) in [4.78, 5) is 40.3. The van der Waals surface area contributed by atoms with E-state index in [0.29, 0.717) is 28.1 Å². The molecule has 3 amide bonds. The van der Waals surface area contributed by atoms with E-state index in [9.17, 15) is 14.4 Å². The first-order valence-corrected chi connectivity index (χ1v) is 11.3. The molecule has 2 heterocycles. The van der Waals surface area contributed by atoms with Gasteiger partial charge in [0.05, 0.1) is 29.0 Å². The van der Waals surface area contributed by atoms with Gasteiger partial charge in [-0.3, -0.25) is 14.4 Å². The molecule has 11 heteroatoms. The van der Waals surface area contributed by atoms with Gasteiger partial charge in [0.25, 0.3) is 17.7 Å². The monoisotopic (exact) mass is 495 g/mol. The number of hydrogen-bond donors (Lipinski definition) is 2. The second kappa shape index (κ2) is 11.1. The molecule has 2 N–H and O–H groups in total. The van der Waals surface area contributed by atoms with Gasteiger partial charge in [0.15, 0.2) is 5.54 Å². The third-order valence-corrected chi connectivity index (χ3v) is 6.33. The molecule has 0 unspecified atom stereocenters. The number of rotatable bonds is 9. The maximum atomic E-state index is 13.3. The maximum absolute atomic E-state index is 13.3. The number of hydrogen-bond acceptors (Lipinski definition) is 7. The summed E-state index contributed by atoms with van der Waals surface area (Å²) in [6.45, 7) is 2.61. The van der Waals surface area contributed by atoms with Gasteiger partial charge in [0, 0.05) is 32.1 Å². The van der Waals surface area contributed by atoms with Crippen LogP contribution in [-0.2, 0) is 23.8 Å². The number of nitrogens with zero attached hydrogens (tertiary/aromatic N) is 1. The molecule has 1 fully saturated rings. The third-order valence-electron chi connectivity index (χ3n) is 5.10. The molecule has 1 aromatic heterocycles. The van der Waals surface area contributed by atoms with Crippen molar-refractivity contribution < 1.29 is 28.6 Å². The zero-order valence-electron chi connectivity index (χ0n) is 18.6. The number of carbonyl (C=O) groups excluding carboxylic acids is 3. The van der Waals surface area contributed by atoms with Crippen LogP contribution in [0.2, 0.25) is 4.34 Å². The van der Waals surface area contributed by atoms with Crippen molar-refractivity contribution in [3.8, 4) is 0 Å². The first-order valence-electron chi connectivity index (χ1n) is 10.2. The predicted molar refractivity (Wildman–Crippen MR) is 126 cm³/mol. The van der Waals surface area contributed by atoms with Crippen LogP contribution in [-0.4, -0.2) is 70.5 Å². The van der Waals surface area contributed by atoms with Crippen LogP contribution in [0.5, 0.6) is 0 Å². The van der Waals surface area contributed by atoms with Crippen LogP contribution < -0.4 is 15.5 Å². The molecule has 0 atom stereocenters. The number of benzene rings is 1. The van der Waals surface area contributed by atoms with Gasteiger partial charge in [-0.25, -0.2) is 0 Å². The van der Waals surface area contributed by atoms with E-state index < -0.39 is 17.4 Å². The van der Waals surface area contributed by atoms with Crippen molar-refractivity contribution in [1.82, 2.24) is 5.32 Å². The van der Waals surface area contributed by atoms with E-state index in [1.54, 1.807) is 35.2 Å². The topological polar surface area (TPSA) is 106 Å². The average molecular weight is 496 g/mol. The number of methoxy groups -OCH3 is 2. The number of anilines is 2.